The van der Waals surface area contributed by atoms with Gasteiger partial charge in [-0.15, -0.1) is 16.9 Å². The van der Waals surface area contributed by atoms with Crippen molar-refractivity contribution < 1.29 is 0 Å². The largest absolute Gasteiger partial charge is 0.368 e. The second kappa shape index (κ2) is 4.57. The van der Waals surface area contributed by atoms with Crippen molar-refractivity contribution in [1.82, 2.24) is 15.2 Å². The zero-order valence-electron chi connectivity index (χ0n) is 8.66. The van der Waals surface area contributed by atoms with Gasteiger partial charge in [0.25, 0.3) is 0 Å². The molecule has 1 aromatic rings. The van der Waals surface area contributed by atoms with Crippen molar-refractivity contribution in [2.75, 3.05) is 23.3 Å². The van der Waals surface area contributed by atoms with E-state index in [2.05, 4.69) is 32.8 Å². The molecular weight excluding hydrogens is 210 g/mol. The van der Waals surface area contributed by atoms with E-state index >= 15 is 0 Å². The van der Waals surface area contributed by atoms with Crippen LogP contribution in [0, 0.1) is 5.92 Å². The van der Waals surface area contributed by atoms with Gasteiger partial charge in [0.1, 0.15) is 0 Å². The van der Waals surface area contributed by atoms with Gasteiger partial charge in [-0.1, -0.05) is 12.5 Å². The Morgan fingerprint density at radius 3 is 3.20 bits per heavy atom. The molecule has 0 saturated heterocycles. The van der Waals surface area contributed by atoms with Crippen molar-refractivity contribution in [3.05, 3.63) is 11.0 Å². The van der Waals surface area contributed by atoms with Gasteiger partial charge in [-0.2, -0.15) is 4.98 Å². The van der Waals surface area contributed by atoms with Crippen LogP contribution < -0.4 is 11.1 Å². The fraction of sp³-hybridized carbons (Fsp3) is 0.556. The maximum absolute atomic E-state index is 5.41. The smallest absolute Gasteiger partial charge is 0.243 e. The molecule has 15 heavy (non-hydrogen) atoms. The van der Waals surface area contributed by atoms with Gasteiger partial charge < -0.3 is 11.1 Å². The summed E-state index contributed by atoms with van der Waals surface area (Å²) < 4.78 is 0. The molecule has 0 aromatic carbocycles. The minimum atomic E-state index is 0.349. The van der Waals surface area contributed by atoms with Gasteiger partial charge in [0.15, 0.2) is 0 Å². The molecule has 1 aromatic heterocycles. The number of hydrogen-bond acceptors (Lipinski definition) is 5. The van der Waals surface area contributed by atoms with Crippen molar-refractivity contribution in [2.24, 2.45) is 5.92 Å². The number of nitrogen functional groups attached to an aromatic ring is 1. The number of nitrogens with one attached hydrogen (secondary N) is 2. The van der Waals surface area contributed by atoms with Crippen LogP contribution in [0.15, 0.2) is 11.0 Å². The summed E-state index contributed by atoms with van der Waals surface area (Å²) in [6.45, 7) is 3.12. The highest BCUT2D eigenvalue weighted by Gasteiger charge is 2.14. The highest BCUT2D eigenvalue weighted by Crippen LogP contribution is 2.29. The molecule has 1 unspecified atom stereocenters. The van der Waals surface area contributed by atoms with E-state index in [-0.39, 0.29) is 0 Å². The first kappa shape index (κ1) is 10.4. The molecule has 1 aliphatic rings. The lowest BCUT2D eigenvalue weighted by atomic mass is 10.0. The summed E-state index contributed by atoms with van der Waals surface area (Å²) in [6.07, 6.45) is 1.04. The second-order valence-electron chi connectivity index (χ2n) is 3.65. The number of H-pyrrole nitrogens is 1. The SMILES string of the molecule is CC1CSC=C1CCNc1n[nH]c(N)n1. The summed E-state index contributed by atoms with van der Waals surface area (Å²) in [5.41, 5.74) is 6.92. The van der Waals surface area contributed by atoms with Gasteiger partial charge in [0, 0.05) is 12.3 Å². The number of aromatic amines is 1. The summed E-state index contributed by atoms with van der Waals surface area (Å²) in [7, 11) is 0. The normalized spacial score (nSPS) is 20.3. The van der Waals surface area contributed by atoms with Gasteiger partial charge in [-0.25, -0.2) is 5.10 Å². The number of nitrogens with two attached hydrogens (primary N) is 1. The number of rotatable bonds is 4. The Morgan fingerprint density at radius 2 is 2.60 bits per heavy atom. The fourth-order valence-electron chi connectivity index (χ4n) is 1.50. The van der Waals surface area contributed by atoms with Crippen LogP contribution in [0.4, 0.5) is 11.9 Å². The Kier molecular flexibility index (Phi) is 3.15. The van der Waals surface area contributed by atoms with Crippen LogP contribution in [-0.4, -0.2) is 27.5 Å². The lowest BCUT2D eigenvalue weighted by Gasteiger charge is -2.07. The van der Waals surface area contributed by atoms with Crippen molar-refractivity contribution in [1.29, 1.82) is 0 Å². The van der Waals surface area contributed by atoms with E-state index in [4.69, 9.17) is 5.73 Å². The minimum absolute atomic E-state index is 0.349. The molecule has 0 bridgehead atoms. The second-order valence-corrected chi connectivity index (χ2v) is 4.55. The summed E-state index contributed by atoms with van der Waals surface area (Å²) in [5.74, 6) is 2.84. The van der Waals surface area contributed by atoms with Crippen LogP contribution in [0.3, 0.4) is 0 Å². The average Bonchev–Trinajstić information content (AvgIpc) is 2.77. The molecule has 6 heteroatoms. The Labute approximate surface area is 92.9 Å². The zero-order valence-corrected chi connectivity index (χ0v) is 9.47. The van der Waals surface area contributed by atoms with E-state index in [1.165, 1.54) is 11.3 Å². The van der Waals surface area contributed by atoms with E-state index in [0.717, 1.165) is 13.0 Å². The Morgan fingerprint density at radius 1 is 1.73 bits per heavy atom. The van der Waals surface area contributed by atoms with E-state index in [9.17, 15) is 0 Å². The van der Waals surface area contributed by atoms with Gasteiger partial charge in [0.2, 0.25) is 11.9 Å². The first-order chi connectivity index (χ1) is 7.25. The van der Waals surface area contributed by atoms with E-state index in [1.807, 2.05) is 11.8 Å². The van der Waals surface area contributed by atoms with Crippen molar-refractivity contribution in [2.45, 2.75) is 13.3 Å². The predicted molar refractivity (Wildman–Crippen MR) is 63.6 cm³/mol. The number of hydrogen-bond donors (Lipinski definition) is 3. The average molecular weight is 225 g/mol. The molecule has 82 valence electrons. The Hall–Kier alpha value is -1.17. The predicted octanol–water partition coefficient (Wildman–Crippen LogP) is 1.46. The van der Waals surface area contributed by atoms with Crippen molar-refractivity contribution in [3.8, 4) is 0 Å². The third-order valence-corrected chi connectivity index (χ3v) is 3.58. The fourth-order valence-corrected chi connectivity index (χ4v) is 2.66. The molecule has 0 saturated carbocycles. The van der Waals surface area contributed by atoms with Gasteiger partial charge in [-0.3, -0.25) is 0 Å². The number of aromatic nitrogens is 3. The number of nitrogens with zero attached hydrogens (tertiary/aromatic N) is 2. The quantitative estimate of drug-likeness (QED) is 0.723. The van der Waals surface area contributed by atoms with Crippen LogP contribution >= 0.6 is 11.8 Å². The van der Waals surface area contributed by atoms with Crippen LogP contribution in [-0.2, 0) is 0 Å². The molecular formula is C9H15N5S. The third kappa shape index (κ3) is 2.65. The highest BCUT2D eigenvalue weighted by molar-refractivity contribution is 8.02. The minimum Gasteiger partial charge on any atom is -0.368 e. The van der Waals surface area contributed by atoms with E-state index in [1.54, 1.807) is 0 Å². The summed E-state index contributed by atoms with van der Waals surface area (Å²) in [4.78, 5) is 3.97. The molecule has 1 atom stereocenters. The molecule has 5 nitrogen and oxygen atoms in total. The molecule has 0 aliphatic carbocycles. The standard InChI is InChI=1S/C9H15N5S/c1-6-4-15-5-7(6)2-3-11-9-12-8(10)13-14-9/h5-6H,2-4H2,1H3,(H4,10,11,12,13,14). The summed E-state index contributed by atoms with van der Waals surface area (Å²) in [6, 6.07) is 0. The van der Waals surface area contributed by atoms with Crippen LogP contribution in [0.25, 0.3) is 0 Å². The molecule has 0 spiro atoms. The van der Waals surface area contributed by atoms with E-state index < -0.39 is 0 Å². The maximum Gasteiger partial charge on any atom is 0.243 e. The maximum atomic E-state index is 5.41. The molecule has 0 amide bonds. The topological polar surface area (TPSA) is 79.6 Å². The first-order valence-electron chi connectivity index (χ1n) is 4.98. The molecule has 2 rings (SSSR count). The summed E-state index contributed by atoms with van der Waals surface area (Å²) in [5, 5.41) is 11.9. The van der Waals surface area contributed by atoms with Crippen LogP contribution in [0.1, 0.15) is 13.3 Å². The van der Waals surface area contributed by atoms with Crippen LogP contribution in [0.5, 0.6) is 0 Å². The Bertz CT molecular complexity index is 359. The molecule has 4 N–H and O–H groups in total. The van der Waals surface area contributed by atoms with Crippen molar-refractivity contribution >= 4 is 23.7 Å². The van der Waals surface area contributed by atoms with E-state index in [0.29, 0.717) is 17.8 Å². The number of thioether (sulfide) groups is 1. The van der Waals surface area contributed by atoms with Crippen LogP contribution in [0.2, 0.25) is 0 Å². The summed E-state index contributed by atoms with van der Waals surface area (Å²) >= 11 is 1.89. The van der Waals surface area contributed by atoms with Gasteiger partial charge >= 0.3 is 0 Å². The lowest BCUT2D eigenvalue weighted by molar-refractivity contribution is 0.744. The molecule has 2 heterocycles. The number of anilines is 2. The van der Waals surface area contributed by atoms with Gasteiger partial charge in [-0.05, 0) is 17.7 Å². The molecule has 0 radical (unpaired) electrons. The van der Waals surface area contributed by atoms with Gasteiger partial charge in [0.05, 0.1) is 0 Å². The highest BCUT2D eigenvalue weighted by atomic mass is 32.2. The monoisotopic (exact) mass is 225 g/mol. The lowest BCUT2D eigenvalue weighted by Crippen LogP contribution is -2.07. The Balaban J connectivity index is 1.75. The first-order valence-corrected chi connectivity index (χ1v) is 6.03. The third-order valence-electron chi connectivity index (χ3n) is 2.41. The van der Waals surface area contributed by atoms with Crippen molar-refractivity contribution in [3.63, 3.8) is 0 Å². The molecule has 1 aliphatic heterocycles. The zero-order chi connectivity index (χ0) is 10.7. The molecule has 0 fully saturated rings.